The molecule has 0 rings (SSSR count). The summed E-state index contributed by atoms with van der Waals surface area (Å²) in [4.78, 5) is 20.4. The lowest BCUT2D eigenvalue weighted by Crippen LogP contribution is -2.21. The second-order valence-corrected chi connectivity index (χ2v) is 2.68. The van der Waals surface area contributed by atoms with Crippen LogP contribution in [0.25, 0.3) is 0 Å². The molecule has 0 radical (unpaired) electrons. The second-order valence-electron chi connectivity index (χ2n) is 2.68. The molecule has 1 unspecified atom stereocenters. The highest BCUT2D eigenvalue weighted by Gasteiger charge is 2.14. The molecular weight excluding hydrogens is 158 g/mol. The predicted octanol–water partition coefficient (Wildman–Crippen LogP) is 0.623. The Morgan fingerprint density at radius 2 is 2.25 bits per heavy atom. The molecule has 0 saturated carbocycles. The van der Waals surface area contributed by atoms with E-state index in [1.54, 1.807) is 0 Å². The minimum absolute atomic E-state index is 0.317. The lowest BCUT2D eigenvalue weighted by Gasteiger charge is -2.09. The van der Waals surface area contributed by atoms with Crippen molar-refractivity contribution in [3.05, 3.63) is 0 Å². The van der Waals surface area contributed by atoms with Gasteiger partial charge in [-0.05, 0) is 12.8 Å². The molecule has 0 aromatic heterocycles. The highest BCUT2D eigenvalue weighted by Crippen LogP contribution is 2.10. The number of aliphatic carboxylic acids is 1. The number of carbonyl (C=O) groups excluding carboxylic acids is 1. The van der Waals surface area contributed by atoms with Gasteiger partial charge in [0.2, 0.25) is 6.41 Å². The molecule has 0 spiro atoms. The second kappa shape index (κ2) is 6.64. The van der Waals surface area contributed by atoms with Crippen LogP contribution < -0.4 is 5.32 Å². The van der Waals surface area contributed by atoms with Crippen LogP contribution in [0.3, 0.4) is 0 Å². The standard InChI is InChI=1S/C8H15NO3/c1-2-3-7(8(11)12)4-5-9-6-10/h6-7H,2-5H2,1H3,(H,9,10)(H,11,12). The minimum atomic E-state index is -0.774. The molecular formula is C8H15NO3. The van der Waals surface area contributed by atoms with Crippen molar-refractivity contribution in [2.75, 3.05) is 6.54 Å². The number of hydrogen-bond acceptors (Lipinski definition) is 2. The number of rotatable bonds is 7. The molecule has 12 heavy (non-hydrogen) atoms. The molecule has 0 aliphatic heterocycles. The lowest BCUT2D eigenvalue weighted by molar-refractivity contribution is -0.142. The molecule has 1 amide bonds. The summed E-state index contributed by atoms with van der Waals surface area (Å²) in [5.41, 5.74) is 0. The lowest BCUT2D eigenvalue weighted by atomic mass is 10.0. The van der Waals surface area contributed by atoms with Crippen molar-refractivity contribution in [1.82, 2.24) is 5.32 Å². The van der Waals surface area contributed by atoms with Crippen LogP contribution >= 0.6 is 0 Å². The van der Waals surface area contributed by atoms with Crippen LogP contribution in [0.15, 0.2) is 0 Å². The Balaban J connectivity index is 3.63. The van der Waals surface area contributed by atoms with Crippen LogP contribution in [0.5, 0.6) is 0 Å². The summed E-state index contributed by atoms with van der Waals surface area (Å²) in [7, 11) is 0. The topological polar surface area (TPSA) is 66.4 Å². The fraction of sp³-hybridized carbons (Fsp3) is 0.750. The molecule has 0 aromatic rings. The fourth-order valence-electron chi connectivity index (χ4n) is 1.06. The highest BCUT2D eigenvalue weighted by molar-refractivity contribution is 5.69. The molecule has 0 fully saturated rings. The summed E-state index contributed by atoms with van der Waals surface area (Å²) in [6.45, 7) is 2.39. The Hall–Kier alpha value is -1.06. The van der Waals surface area contributed by atoms with Gasteiger partial charge in [-0.2, -0.15) is 0 Å². The summed E-state index contributed by atoms with van der Waals surface area (Å²) < 4.78 is 0. The van der Waals surface area contributed by atoms with E-state index in [1.807, 2.05) is 6.92 Å². The van der Waals surface area contributed by atoms with Gasteiger partial charge in [0.25, 0.3) is 0 Å². The number of carboxylic acids is 1. The third-order valence-corrected chi connectivity index (χ3v) is 1.71. The number of amides is 1. The zero-order valence-corrected chi connectivity index (χ0v) is 7.25. The molecule has 4 heteroatoms. The van der Waals surface area contributed by atoms with E-state index < -0.39 is 5.97 Å². The van der Waals surface area contributed by atoms with E-state index in [4.69, 9.17) is 5.11 Å². The summed E-state index contributed by atoms with van der Waals surface area (Å²) in [5, 5.41) is 11.1. The van der Waals surface area contributed by atoms with Crippen molar-refractivity contribution in [3.63, 3.8) is 0 Å². The Morgan fingerprint density at radius 3 is 2.67 bits per heavy atom. The summed E-state index contributed by atoms with van der Waals surface area (Å²) in [5.74, 6) is -1.09. The summed E-state index contributed by atoms with van der Waals surface area (Å²) >= 11 is 0. The van der Waals surface area contributed by atoms with E-state index in [0.29, 0.717) is 25.8 Å². The van der Waals surface area contributed by atoms with Crippen LogP contribution in [0.1, 0.15) is 26.2 Å². The first-order valence-electron chi connectivity index (χ1n) is 4.12. The van der Waals surface area contributed by atoms with Gasteiger partial charge < -0.3 is 10.4 Å². The zero-order valence-electron chi connectivity index (χ0n) is 7.25. The molecule has 0 aliphatic carbocycles. The van der Waals surface area contributed by atoms with Crippen molar-refractivity contribution >= 4 is 12.4 Å². The number of carbonyl (C=O) groups is 2. The van der Waals surface area contributed by atoms with Gasteiger partial charge in [-0.25, -0.2) is 0 Å². The Bertz CT molecular complexity index is 147. The average molecular weight is 173 g/mol. The van der Waals surface area contributed by atoms with Gasteiger partial charge in [0, 0.05) is 6.54 Å². The van der Waals surface area contributed by atoms with Gasteiger partial charge in [-0.1, -0.05) is 13.3 Å². The van der Waals surface area contributed by atoms with Crippen molar-refractivity contribution in [1.29, 1.82) is 0 Å². The van der Waals surface area contributed by atoms with E-state index in [1.165, 1.54) is 0 Å². The molecule has 4 nitrogen and oxygen atoms in total. The predicted molar refractivity (Wildman–Crippen MR) is 44.7 cm³/mol. The van der Waals surface area contributed by atoms with Crippen LogP contribution in [-0.4, -0.2) is 24.0 Å². The van der Waals surface area contributed by atoms with Crippen LogP contribution in [0.2, 0.25) is 0 Å². The fourth-order valence-corrected chi connectivity index (χ4v) is 1.06. The molecule has 0 aromatic carbocycles. The van der Waals surface area contributed by atoms with E-state index in [2.05, 4.69) is 5.32 Å². The van der Waals surface area contributed by atoms with E-state index >= 15 is 0 Å². The van der Waals surface area contributed by atoms with Gasteiger partial charge in [-0.3, -0.25) is 9.59 Å². The normalized spacial score (nSPS) is 12.1. The first-order valence-corrected chi connectivity index (χ1v) is 4.12. The van der Waals surface area contributed by atoms with E-state index in [0.717, 1.165) is 6.42 Å². The number of carboxylic acid groups (broad SMARTS) is 1. The van der Waals surface area contributed by atoms with Crippen molar-refractivity contribution in [2.45, 2.75) is 26.2 Å². The maximum Gasteiger partial charge on any atom is 0.306 e. The Morgan fingerprint density at radius 1 is 1.58 bits per heavy atom. The quantitative estimate of drug-likeness (QED) is 0.438. The van der Waals surface area contributed by atoms with Gasteiger partial charge in [-0.15, -0.1) is 0 Å². The average Bonchev–Trinajstić information content (AvgIpc) is 2.03. The number of nitrogens with one attached hydrogen (secondary N) is 1. The maximum atomic E-state index is 10.6. The molecule has 2 N–H and O–H groups in total. The maximum absolute atomic E-state index is 10.6. The Kier molecular flexibility index (Phi) is 6.05. The van der Waals surface area contributed by atoms with Crippen LogP contribution in [0, 0.1) is 5.92 Å². The van der Waals surface area contributed by atoms with E-state index in [-0.39, 0.29) is 5.92 Å². The first kappa shape index (κ1) is 10.9. The van der Waals surface area contributed by atoms with Crippen LogP contribution in [0.4, 0.5) is 0 Å². The molecule has 0 bridgehead atoms. The SMILES string of the molecule is CCCC(CCNC=O)C(=O)O. The van der Waals surface area contributed by atoms with E-state index in [9.17, 15) is 9.59 Å². The molecule has 0 aliphatic rings. The largest absolute Gasteiger partial charge is 0.481 e. The van der Waals surface area contributed by atoms with Crippen LogP contribution in [-0.2, 0) is 9.59 Å². The summed E-state index contributed by atoms with van der Waals surface area (Å²) in [6, 6.07) is 0. The van der Waals surface area contributed by atoms with Gasteiger partial charge in [0.15, 0.2) is 0 Å². The van der Waals surface area contributed by atoms with Crippen molar-refractivity contribution in [3.8, 4) is 0 Å². The smallest absolute Gasteiger partial charge is 0.306 e. The Labute approximate surface area is 72.0 Å². The third-order valence-electron chi connectivity index (χ3n) is 1.71. The molecule has 0 heterocycles. The third kappa shape index (κ3) is 4.71. The highest BCUT2D eigenvalue weighted by atomic mass is 16.4. The van der Waals surface area contributed by atoms with Crippen molar-refractivity contribution in [2.24, 2.45) is 5.92 Å². The monoisotopic (exact) mass is 173 g/mol. The number of hydrogen-bond donors (Lipinski definition) is 2. The van der Waals surface area contributed by atoms with Crippen molar-refractivity contribution < 1.29 is 14.7 Å². The zero-order chi connectivity index (χ0) is 9.40. The first-order chi connectivity index (χ1) is 5.72. The van der Waals surface area contributed by atoms with Gasteiger partial charge >= 0.3 is 5.97 Å². The molecule has 70 valence electrons. The molecule has 0 saturated heterocycles. The van der Waals surface area contributed by atoms with Gasteiger partial charge in [0.1, 0.15) is 0 Å². The molecule has 1 atom stereocenters. The minimum Gasteiger partial charge on any atom is -0.481 e. The van der Waals surface area contributed by atoms with Gasteiger partial charge in [0.05, 0.1) is 5.92 Å². The summed E-state index contributed by atoms with van der Waals surface area (Å²) in [6.07, 6.45) is 2.64.